The number of aromatic nitrogens is 2. The second-order valence-electron chi connectivity index (χ2n) is 10.5. The van der Waals surface area contributed by atoms with Gasteiger partial charge in [0.1, 0.15) is 11.6 Å². The summed E-state index contributed by atoms with van der Waals surface area (Å²) in [6, 6.07) is 5.78. The molecule has 3 N–H and O–H groups in total. The van der Waals surface area contributed by atoms with E-state index >= 15 is 4.39 Å². The summed E-state index contributed by atoms with van der Waals surface area (Å²) in [5.41, 5.74) is 1.96. The van der Waals surface area contributed by atoms with Crippen molar-refractivity contribution in [3.8, 4) is 0 Å². The summed E-state index contributed by atoms with van der Waals surface area (Å²) < 4.78 is 15.0. The molecule has 1 aromatic carbocycles. The summed E-state index contributed by atoms with van der Waals surface area (Å²) in [6.45, 7) is 6.01. The number of anilines is 4. The zero-order valence-electron chi connectivity index (χ0n) is 22.1. The summed E-state index contributed by atoms with van der Waals surface area (Å²) in [5.74, 6) is 0.621. The van der Waals surface area contributed by atoms with Gasteiger partial charge in [-0.1, -0.05) is 19.4 Å². The fourth-order valence-corrected chi connectivity index (χ4v) is 6.45. The molecule has 5 rings (SSSR count). The minimum absolute atomic E-state index is 0.0397. The van der Waals surface area contributed by atoms with Gasteiger partial charge in [0.15, 0.2) is 0 Å². The average Bonchev–Trinajstić information content (AvgIpc) is 3.59. The van der Waals surface area contributed by atoms with Crippen LogP contribution in [0.5, 0.6) is 0 Å². The molecule has 3 heterocycles. The van der Waals surface area contributed by atoms with E-state index in [1.165, 1.54) is 6.07 Å². The maximum Gasteiger partial charge on any atom is 0.229 e. The number of rotatable bonds is 9. The fourth-order valence-electron chi connectivity index (χ4n) is 5.78. The van der Waals surface area contributed by atoms with Crippen LogP contribution in [0.2, 0.25) is 12.6 Å². The number of piperazine rings is 1. The van der Waals surface area contributed by atoms with Gasteiger partial charge < -0.3 is 20.9 Å². The molecule has 0 spiro atoms. The molecular formula is C27H38FN7O2Si. The number of hydrogen-bond donors (Lipinski definition) is 3. The molecule has 3 fully saturated rings. The third-order valence-corrected chi connectivity index (χ3v) is 8.71. The third kappa shape index (κ3) is 5.99. The first-order chi connectivity index (χ1) is 18.5. The van der Waals surface area contributed by atoms with Gasteiger partial charge in [0.25, 0.3) is 0 Å². The van der Waals surface area contributed by atoms with Crippen LogP contribution in [0.15, 0.2) is 24.4 Å². The molecule has 2 amide bonds. The van der Waals surface area contributed by atoms with Crippen molar-refractivity contribution < 1.29 is 14.0 Å². The lowest BCUT2D eigenvalue weighted by atomic mass is 9.98. The monoisotopic (exact) mass is 539 g/mol. The Balaban J connectivity index is 1.45. The molecular weight excluding hydrogens is 501 g/mol. The highest BCUT2D eigenvalue weighted by Gasteiger charge is 2.33. The number of nitrogens with one attached hydrogen (secondary N) is 3. The molecule has 0 unspecified atom stereocenters. The van der Waals surface area contributed by atoms with Crippen LogP contribution in [-0.2, 0) is 16.0 Å². The van der Waals surface area contributed by atoms with E-state index in [1.807, 2.05) is 15.9 Å². The zero-order chi connectivity index (χ0) is 26.5. The van der Waals surface area contributed by atoms with Crippen molar-refractivity contribution in [2.24, 2.45) is 5.92 Å². The Morgan fingerprint density at radius 2 is 2.00 bits per heavy atom. The number of nitrogens with zero attached hydrogens (tertiary/aromatic N) is 4. The van der Waals surface area contributed by atoms with Gasteiger partial charge in [-0.25, -0.2) is 9.37 Å². The Morgan fingerprint density at radius 3 is 2.68 bits per heavy atom. The largest absolute Gasteiger partial charge is 0.367 e. The van der Waals surface area contributed by atoms with E-state index in [0.29, 0.717) is 42.2 Å². The van der Waals surface area contributed by atoms with Gasteiger partial charge in [-0.2, -0.15) is 4.98 Å². The van der Waals surface area contributed by atoms with Crippen LogP contribution >= 0.6 is 0 Å². The number of carbonyl (C=O) groups is 2. The second-order valence-corrected chi connectivity index (χ2v) is 12.0. The van der Waals surface area contributed by atoms with E-state index in [2.05, 4.69) is 27.5 Å². The standard InChI is InChI=1S/C27H38FN7O2Si/c1-38-17-24(36)35(21-4-2-3-5-21)25-19(14-18-8-9-30-26(18)37)16-31-27(33-25)32-20-6-7-23(22(28)15-20)34-12-10-29-11-13-34/h6-7,15-16,18,21,29H,2-5,8-14,17,38H2,1H3,(H,30,37)(H,31,32,33)/t18-/m0/s1. The molecule has 9 nitrogen and oxygen atoms in total. The van der Waals surface area contributed by atoms with Gasteiger partial charge in [0.2, 0.25) is 17.8 Å². The molecule has 38 heavy (non-hydrogen) atoms. The quantitative estimate of drug-likeness (QED) is 0.421. The molecule has 1 aromatic heterocycles. The van der Waals surface area contributed by atoms with Gasteiger partial charge in [-0.05, 0) is 43.9 Å². The summed E-state index contributed by atoms with van der Waals surface area (Å²) in [5, 5.41) is 9.35. The van der Waals surface area contributed by atoms with Crippen LogP contribution < -0.4 is 25.8 Å². The number of hydrogen-bond acceptors (Lipinski definition) is 7. The van der Waals surface area contributed by atoms with E-state index in [1.54, 1.807) is 12.3 Å². The predicted octanol–water partition coefficient (Wildman–Crippen LogP) is 2.36. The van der Waals surface area contributed by atoms with Gasteiger partial charge in [-0.15, -0.1) is 0 Å². The number of benzene rings is 1. The smallest absolute Gasteiger partial charge is 0.229 e. The SMILES string of the molecule is C[SiH2]CC(=O)N(c1nc(Nc2ccc(N3CCNCC3)c(F)c2)ncc1C[C@@H]1CCNC1=O)C1CCCC1. The van der Waals surface area contributed by atoms with Crippen LogP contribution in [0.4, 0.5) is 27.5 Å². The van der Waals surface area contributed by atoms with Gasteiger partial charge in [-0.3, -0.25) is 14.5 Å². The summed E-state index contributed by atoms with van der Waals surface area (Å²) in [6.07, 6.45) is 7.07. The highest BCUT2D eigenvalue weighted by molar-refractivity contribution is 6.40. The van der Waals surface area contributed by atoms with Crippen LogP contribution in [0.3, 0.4) is 0 Å². The number of carbonyl (C=O) groups excluding carboxylic acids is 2. The summed E-state index contributed by atoms with van der Waals surface area (Å²) in [7, 11) is -0.487. The van der Waals surface area contributed by atoms with Crippen molar-refractivity contribution in [3.63, 3.8) is 0 Å². The number of halogens is 1. The lowest BCUT2D eigenvalue weighted by Gasteiger charge is -2.30. The van der Waals surface area contributed by atoms with Crippen molar-refractivity contribution in [2.75, 3.05) is 47.8 Å². The van der Waals surface area contributed by atoms with Crippen molar-refractivity contribution in [1.82, 2.24) is 20.6 Å². The summed E-state index contributed by atoms with van der Waals surface area (Å²) in [4.78, 5) is 39.1. The van der Waals surface area contributed by atoms with Crippen LogP contribution in [-0.4, -0.2) is 70.1 Å². The Kier molecular flexibility index (Phi) is 8.53. The maximum atomic E-state index is 15.0. The van der Waals surface area contributed by atoms with Crippen molar-refractivity contribution in [2.45, 2.75) is 57.2 Å². The van der Waals surface area contributed by atoms with Crippen molar-refractivity contribution in [3.05, 3.63) is 35.8 Å². The van der Waals surface area contributed by atoms with Crippen LogP contribution in [0, 0.1) is 11.7 Å². The Hall–Kier alpha value is -3.05. The number of amides is 2. The first-order valence-corrected chi connectivity index (χ1v) is 16.4. The first-order valence-electron chi connectivity index (χ1n) is 14.0. The summed E-state index contributed by atoms with van der Waals surface area (Å²) >= 11 is 0. The molecule has 0 bridgehead atoms. The van der Waals surface area contributed by atoms with E-state index < -0.39 is 9.52 Å². The lowest BCUT2D eigenvalue weighted by molar-refractivity contribution is -0.122. The highest BCUT2D eigenvalue weighted by atomic mass is 28.2. The highest BCUT2D eigenvalue weighted by Crippen LogP contribution is 2.33. The fraction of sp³-hybridized carbons (Fsp3) is 0.556. The normalized spacial score (nSPS) is 20.3. The van der Waals surface area contributed by atoms with Crippen molar-refractivity contribution in [1.29, 1.82) is 0 Å². The molecule has 1 atom stereocenters. The zero-order valence-corrected chi connectivity index (χ0v) is 23.6. The van der Waals surface area contributed by atoms with E-state index in [4.69, 9.17) is 4.98 Å². The minimum atomic E-state index is -0.487. The predicted molar refractivity (Wildman–Crippen MR) is 151 cm³/mol. The topological polar surface area (TPSA) is 102 Å². The minimum Gasteiger partial charge on any atom is -0.367 e. The van der Waals surface area contributed by atoms with E-state index in [9.17, 15) is 9.59 Å². The molecule has 3 aliphatic rings. The molecule has 0 radical (unpaired) electrons. The average molecular weight is 540 g/mol. The van der Waals surface area contributed by atoms with Gasteiger partial charge in [0, 0.05) is 77.7 Å². The second kappa shape index (κ2) is 12.2. The van der Waals surface area contributed by atoms with Gasteiger partial charge in [0.05, 0.1) is 5.69 Å². The maximum absolute atomic E-state index is 15.0. The third-order valence-electron chi connectivity index (χ3n) is 7.78. The Labute approximate surface area is 225 Å². The van der Waals surface area contributed by atoms with Gasteiger partial charge >= 0.3 is 0 Å². The van der Waals surface area contributed by atoms with E-state index in [-0.39, 0.29) is 29.6 Å². The lowest BCUT2D eigenvalue weighted by Crippen LogP contribution is -2.43. The Bertz CT molecular complexity index is 1150. The molecule has 204 valence electrons. The van der Waals surface area contributed by atoms with Crippen molar-refractivity contribution >= 4 is 44.5 Å². The van der Waals surface area contributed by atoms with Crippen LogP contribution in [0.1, 0.15) is 37.7 Å². The Morgan fingerprint density at radius 1 is 1.21 bits per heavy atom. The molecule has 1 saturated carbocycles. The molecule has 2 saturated heterocycles. The molecule has 1 aliphatic carbocycles. The van der Waals surface area contributed by atoms with E-state index in [0.717, 1.165) is 63.8 Å². The molecule has 11 heteroatoms. The molecule has 2 aliphatic heterocycles. The van der Waals surface area contributed by atoms with Crippen LogP contribution in [0.25, 0.3) is 0 Å². The first kappa shape index (κ1) is 26.5. The molecule has 2 aromatic rings.